The van der Waals surface area contributed by atoms with Gasteiger partial charge < -0.3 is 10.2 Å². The van der Waals surface area contributed by atoms with Crippen LogP contribution in [0.1, 0.15) is 12.5 Å². The fraction of sp³-hybridized carbons (Fsp3) is 0.417. The second kappa shape index (κ2) is 4.82. The summed E-state index contributed by atoms with van der Waals surface area (Å²) in [5, 5.41) is 3.20. The molecule has 0 saturated carbocycles. The number of carbonyl (C=O) groups excluding carboxylic acids is 1. The van der Waals surface area contributed by atoms with E-state index >= 15 is 0 Å². The highest BCUT2D eigenvalue weighted by Crippen LogP contribution is 2.14. The van der Waals surface area contributed by atoms with E-state index in [9.17, 15) is 4.79 Å². The molecule has 0 heterocycles. The molecule has 1 N–H and O–H groups in total. The number of likely N-dealkylation sites (N-methyl/N-ethyl adjacent to an activating group) is 1. The van der Waals surface area contributed by atoms with Gasteiger partial charge in [0.1, 0.15) is 6.04 Å². The Balaban J connectivity index is 2.71. The quantitative estimate of drug-likeness (QED) is 0.819. The zero-order valence-electron chi connectivity index (χ0n) is 9.74. The van der Waals surface area contributed by atoms with Crippen molar-refractivity contribution < 1.29 is 4.79 Å². The van der Waals surface area contributed by atoms with Crippen LogP contribution in [0.4, 0.5) is 5.69 Å². The standard InChI is InChI=1S/C12H18N2O/c1-9-7-5-6-8-11(9)13-10(2)12(15)14(3)4/h5-8,10,13H,1-4H3. The first-order chi connectivity index (χ1) is 7.02. The van der Waals surface area contributed by atoms with Gasteiger partial charge in [0.2, 0.25) is 5.91 Å². The smallest absolute Gasteiger partial charge is 0.244 e. The number of anilines is 1. The van der Waals surface area contributed by atoms with Gasteiger partial charge >= 0.3 is 0 Å². The van der Waals surface area contributed by atoms with Crippen molar-refractivity contribution in [3.05, 3.63) is 29.8 Å². The highest BCUT2D eigenvalue weighted by Gasteiger charge is 2.14. The third-order valence-electron chi connectivity index (χ3n) is 2.33. The summed E-state index contributed by atoms with van der Waals surface area (Å²) in [6.07, 6.45) is 0. The first kappa shape index (κ1) is 11.6. The third-order valence-corrected chi connectivity index (χ3v) is 2.33. The lowest BCUT2D eigenvalue weighted by molar-refractivity contribution is -0.129. The van der Waals surface area contributed by atoms with E-state index in [0.717, 1.165) is 11.3 Å². The summed E-state index contributed by atoms with van der Waals surface area (Å²) in [5.74, 6) is 0.0817. The number of aryl methyl sites for hydroxylation is 1. The Bertz CT molecular complexity index is 347. The fourth-order valence-electron chi connectivity index (χ4n) is 1.42. The molecule has 1 aromatic carbocycles. The molecular formula is C12H18N2O. The van der Waals surface area contributed by atoms with E-state index in [2.05, 4.69) is 5.32 Å². The number of para-hydroxylation sites is 1. The van der Waals surface area contributed by atoms with Gasteiger partial charge in [-0.3, -0.25) is 4.79 Å². The predicted octanol–water partition coefficient (Wildman–Crippen LogP) is 1.88. The average Bonchev–Trinajstić information content (AvgIpc) is 2.20. The Kier molecular flexibility index (Phi) is 3.72. The Morgan fingerprint density at radius 1 is 1.33 bits per heavy atom. The zero-order chi connectivity index (χ0) is 11.4. The van der Waals surface area contributed by atoms with Crippen molar-refractivity contribution in [1.82, 2.24) is 4.90 Å². The number of benzene rings is 1. The minimum absolute atomic E-state index is 0.0817. The lowest BCUT2D eigenvalue weighted by Crippen LogP contribution is -2.36. The maximum absolute atomic E-state index is 11.6. The zero-order valence-corrected chi connectivity index (χ0v) is 9.74. The van der Waals surface area contributed by atoms with Crippen LogP contribution in [0.15, 0.2) is 24.3 Å². The van der Waals surface area contributed by atoms with Gasteiger partial charge in [0, 0.05) is 19.8 Å². The highest BCUT2D eigenvalue weighted by atomic mass is 16.2. The number of amides is 1. The Hall–Kier alpha value is -1.51. The molecule has 3 nitrogen and oxygen atoms in total. The maximum atomic E-state index is 11.6. The summed E-state index contributed by atoms with van der Waals surface area (Å²) in [4.78, 5) is 13.2. The lowest BCUT2D eigenvalue weighted by Gasteiger charge is -2.19. The van der Waals surface area contributed by atoms with E-state index in [4.69, 9.17) is 0 Å². The molecule has 1 unspecified atom stereocenters. The molecule has 1 atom stereocenters. The van der Waals surface area contributed by atoms with E-state index < -0.39 is 0 Å². The summed E-state index contributed by atoms with van der Waals surface area (Å²) in [5.41, 5.74) is 2.16. The normalized spacial score (nSPS) is 12.0. The van der Waals surface area contributed by atoms with Gasteiger partial charge in [0.25, 0.3) is 0 Å². The number of nitrogens with zero attached hydrogens (tertiary/aromatic N) is 1. The molecule has 0 aromatic heterocycles. The van der Waals surface area contributed by atoms with E-state index in [0.29, 0.717) is 0 Å². The van der Waals surface area contributed by atoms with Crippen molar-refractivity contribution in [3.63, 3.8) is 0 Å². The summed E-state index contributed by atoms with van der Waals surface area (Å²) >= 11 is 0. The topological polar surface area (TPSA) is 32.3 Å². The highest BCUT2D eigenvalue weighted by molar-refractivity contribution is 5.84. The summed E-state index contributed by atoms with van der Waals surface area (Å²) in [6, 6.07) is 7.76. The van der Waals surface area contributed by atoms with Crippen molar-refractivity contribution in [2.24, 2.45) is 0 Å². The van der Waals surface area contributed by atoms with Crippen LogP contribution in [-0.4, -0.2) is 30.9 Å². The van der Waals surface area contributed by atoms with E-state index in [1.165, 1.54) is 0 Å². The van der Waals surface area contributed by atoms with Gasteiger partial charge in [-0.1, -0.05) is 18.2 Å². The minimum atomic E-state index is -0.193. The maximum Gasteiger partial charge on any atom is 0.244 e. The number of rotatable bonds is 3. The van der Waals surface area contributed by atoms with Crippen molar-refractivity contribution in [3.8, 4) is 0 Å². The molecule has 0 bridgehead atoms. The number of carbonyl (C=O) groups is 1. The second-order valence-corrected chi connectivity index (χ2v) is 3.91. The Morgan fingerprint density at radius 3 is 2.47 bits per heavy atom. The molecule has 0 spiro atoms. The van der Waals surface area contributed by atoms with Gasteiger partial charge in [0.15, 0.2) is 0 Å². The van der Waals surface area contributed by atoms with Crippen molar-refractivity contribution in [1.29, 1.82) is 0 Å². The molecule has 1 amide bonds. The third kappa shape index (κ3) is 2.98. The van der Waals surface area contributed by atoms with Crippen LogP contribution in [-0.2, 0) is 4.79 Å². The van der Waals surface area contributed by atoms with Crippen molar-refractivity contribution in [2.45, 2.75) is 19.9 Å². The van der Waals surface area contributed by atoms with Crippen LogP contribution in [0.2, 0.25) is 0 Å². The molecule has 0 fully saturated rings. The minimum Gasteiger partial charge on any atom is -0.374 e. The van der Waals surface area contributed by atoms with Crippen molar-refractivity contribution >= 4 is 11.6 Å². The molecule has 82 valence electrons. The van der Waals surface area contributed by atoms with Crippen LogP contribution in [0.25, 0.3) is 0 Å². The Labute approximate surface area is 91.1 Å². The molecule has 1 rings (SSSR count). The van der Waals surface area contributed by atoms with Gasteiger partial charge in [-0.2, -0.15) is 0 Å². The van der Waals surface area contributed by atoms with Crippen LogP contribution < -0.4 is 5.32 Å². The SMILES string of the molecule is Cc1ccccc1NC(C)C(=O)N(C)C. The van der Waals surface area contributed by atoms with Gasteiger partial charge in [-0.25, -0.2) is 0 Å². The molecule has 0 radical (unpaired) electrons. The fourth-order valence-corrected chi connectivity index (χ4v) is 1.42. The molecule has 1 aromatic rings. The molecule has 0 aliphatic rings. The van der Waals surface area contributed by atoms with Crippen molar-refractivity contribution in [2.75, 3.05) is 19.4 Å². The predicted molar refractivity (Wildman–Crippen MR) is 63.0 cm³/mol. The summed E-state index contributed by atoms with van der Waals surface area (Å²) < 4.78 is 0. The van der Waals surface area contributed by atoms with Gasteiger partial charge in [-0.15, -0.1) is 0 Å². The average molecular weight is 206 g/mol. The molecule has 15 heavy (non-hydrogen) atoms. The van der Waals surface area contributed by atoms with E-state index in [1.54, 1.807) is 19.0 Å². The second-order valence-electron chi connectivity index (χ2n) is 3.91. The van der Waals surface area contributed by atoms with Crippen LogP contribution in [0.5, 0.6) is 0 Å². The summed E-state index contributed by atoms with van der Waals surface area (Å²) in [7, 11) is 3.52. The molecular weight excluding hydrogens is 188 g/mol. The first-order valence-electron chi connectivity index (χ1n) is 5.05. The molecule has 0 aliphatic heterocycles. The van der Waals surface area contributed by atoms with Gasteiger partial charge in [0.05, 0.1) is 0 Å². The van der Waals surface area contributed by atoms with E-state index in [-0.39, 0.29) is 11.9 Å². The number of hydrogen-bond acceptors (Lipinski definition) is 2. The Morgan fingerprint density at radius 2 is 1.93 bits per heavy atom. The lowest BCUT2D eigenvalue weighted by atomic mass is 10.2. The molecule has 3 heteroatoms. The first-order valence-corrected chi connectivity index (χ1v) is 5.05. The number of hydrogen-bond donors (Lipinski definition) is 1. The summed E-state index contributed by atoms with van der Waals surface area (Å²) in [6.45, 7) is 3.89. The molecule has 0 aliphatic carbocycles. The monoisotopic (exact) mass is 206 g/mol. The van der Waals surface area contributed by atoms with Gasteiger partial charge in [-0.05, 0) is 25.5 Å². The number of nitrogens with one attached hydrogen (secondary N) is 1. The van der Waals surface area contributed by atoms with Crippen LogP contribution in [0.3, 0.4) is 0 Å². The molecule has 0 saturated heterocycles. The van der Waals surface area contributed by atoms with E-state index in [1.807, 2.05) is 38.1 Å². The van der Waals surface area contributed by atoms with Crippen LogP contribution in [0, 0.1) is 6.92 Å². The van der Waals surface area contributed by atoms with Crippen LogP contribution >= 0.6 is 0 Å². The largest absolute Gasteiger partial charge is 0.374 e.